The summed E-state index contributed by atoms with van der Waals surface area (Å²) in [6.07, 6.45) is 5.02. The first-order valence-corrected chi connectivity index (χ1v) is 22.7. The average Bonchev–Trinajstić information content (AvgIpc) is 3.89. The zero-order valence-corrected chi connectivity index (χ0v) is 33.2. The molecule has 1 aromatic heterocycles. The molecule has 2 saturated carbocycles. The number of benzene rings is 7. The van der Waals surface area contributed by atoms with Crippen LogP contribution in [0.1, 0.15) is 36.8 Å². The van der Waals surface area contributed by atoms with Crippen molar-refractivity contribution in [3.8, 4) is 56.4 Å². The van der Waals surface area contributed by atoms with Crippen LogP contribution < -0.4 is 5.30 Å². The van der Waals surface area contributed by atoms with Gasteiger partial charge in [0, 0.05) is 27.4 Å². The normalized spacial score (nSPS) is 18.9. The van der Waals surface area contributed by atoms with Crippen molar-refractivity contribution in [1.29, 1.82) is 0 Å². The highest BCUT2D eigenvalue weighted by Gasteiger charge is 2.52. The Morgan fingerprint density at radius 1 is 0.509 bits per heavy atom. The minimum Gasteiger partial charge on any atom is -0.319 e. The minimum atomic E-state index is -2.35. The lowest BCUT2D eigenvalue weighted by Gasteiger charge is -2.39. The molecule has 0 amide bonds. The molecule has 0 saturated heterocycles. The Labute approximate surface area is 335 Å². The highest BCUT2D eigenvalue weighted by molar-refractivity contribution is 7.70. The summed E-state index contributed by atoms with van der Waals surface area (Å²) < 4.78 is 12.9. The third-order valence-corrected chi connectivity index (χ3v) is 14.1. The fourth-order valence-corrected chi connectivity index (χ4v) is 10.6. The number of fused-ring (bicyclic) bond motifs is 3. The van der Waals surface area contributed by atoms with E-state index in [1.807, 2.05) is 31.5 Å². The van der Waals surface area contributed by atoms with E-state index in [9.17, 15) is 4.57 Å². The molecule has 0 aliphatic heterocycles. The molecular weight excluding hydrogens is 714 g/mol. The van der Waals surface area contributed by atoms with E-state index in [1.54, 1.807) is 0 Å². The standard InChI is InChI=1S/C52H44N3OP/c1-57(2,56)46-18-9-16-41(33-46)37-22-27-43(28-23-37)52(34-35-21-26-45(52)31-35)44-29-24-39(25-30-44)49-53-50(42-17-8-15-40(32-42)36-11-4-3-5-12-36)55-51(54-49)48-20-10-14-38-13-6-7-19-47(38)48/h3-20,22-25,27-30,32-33,35,45H,21,26,31,34H2,1-2H3. The van der Waals surface area contributed by atoms with Gasteiger partial charge in [0.15, 0.2) is 17.5 Å². The van der Waals surface area contributed by atoms with Gasteiger partial charge in [0.2, 0.25) is 0 Å². The summed E-state index contributed by atoms with van der Waals surface area (Å²) in [6.45, 7) is 3.68. The molecule has 3 atom stereocenters. The molecule has 57 heavy (non-hydrogen) atoms. The molecule has 10 rings (SSSR count). The van der Waals surface area contributed by atoms with Gasteiger partial charge in [0.25, 0.3) is 0 Å². The number of hydrogen-bond donors (Lipinski definition) is 0. The molecule has 0 N–H and O–H groups in total. The number of aromatic nitrogens is 3. The van der Waals surface area contributed by atoms with Gasteiger partial charge in [-0.1, -0.05) is 164 Å². The van der Waals surface area contributed by atoms with E-state index in [1.165, 1.54) is 36.8 Å². The van der Waals surface area contributed by atoms with Gasteiger partial charge < -0.3 is 4.57 Å². The lowest BCUT2D eigenvalue weighted by atomic mass is 9.64. The highest BCUT2D eigenvalue weighted by atomic mass is 31.2. The van der Waals surface area contributed by atoms with Gasteiger partial charge in [-0.2, -0.15) is 0 Å². The van der Waals surface area contributed by atoms with Crippen LogP contribution in [0.3, 0.4) is 0 Å². The van der Waals surface area contributed by atoms with Crippen LogP contribution >= 0.6 is 7.14 Å². The second kappa shape index (κ2) is 14.2. The molecule has 1 heterocycles. The number of nitrogens with zero attached hydrogens (tertiary/aromatic N) is 3. The minimum absolute atomic E-state index is 0.0411. The maximum atomic E-state index is 12.9. The molecule has 0 spiro atoms. The Morgan fingerprint density at radius 3 is 1.77 bits per heavy atom. The SMILES string of the molecule is CP(C)(=O)c1cccc(-c2ccc(C3(c4ccc(-c5nc(-c6cccc(-c7ccccc7)c6)nc(-c6cccc7ccccc67)n5)cc4)CC4CCC3C4)cc2)c1. The highest BCUT2D eigenvalue weighted by Crippen LogP contribution is 2.60. The topological polar surface area (TPSA) is 55.7 Å². The smallest absolute Gasteiger partial charge is 0.164 e. The van der Waals surface area contributed by atoms with Crippen molar-refractivity contribution in [3.05, 3.63) is 181 Å². The molecule has 2 aliphatic carbocycles. The van der Waals surface area contributed by atoms with Gasteiger partial charge in [-0.3, -0.25) is 0 Å². The first-order chi connectivity index (χ1) is 27.8. The fraction of sp³-hybridized carbons (Fsp3) is 0.173. The van der Waals surface area contributed by atoms with Crippen molar-refractivity contribution in [2.45, 2.75) is 31.1 Å². The summed E-state index contributed by atoms with van der Waals surface area (Å²) in [5, 5.41) is 3.19. The summed E-state index contributed by atoms with van der Waals surface area (Å²) in [5.74, 6) is 3.33. The molecular formula is C52H44N3OP. The molecule has 3 unspecified atom stereocenters. The third kappa shape index (κ3) is 6.52. The Morgan fingerprint density at radius 2 is 1.07 bits per heavy atom. The van der Waals surface area contributed by atoms with Crippen LogP contribution in [0, 0.1) is 11.8 Å². The van der Waals surface area contributed by atoms with E-state index in [4.69, 9.17) is 15.0 Å². The zero-order valence-electron chi connectivity index (χ0n) is 32.3. The molecule has 4 nitrogen and oxygen atoms in total. The molecule has 2 aliphatic rings. The quantitative estimate of drug-likeness (QED) is 0.145. The maximum Gasteiger partial charge on any atom is 0.164 e. The van der Waals surface area contributed by atoms with Crippen LogP contribution in [-0.2, 0) is 9.98 Å². The monoisotopic (exact) mass is 757 g/mol. The van der Waals surface area contributed by atoms with E-state index in [0.29, 0.717) is 23.4 Å². The lowest BCUT2D eigenvalue weighted by molar-refractivity contribution is 0.320. The third-order valence-electron chi connectivity index (χ3n) is 12.6. The van der Waals surface area contributed by atoms with Gasteiger partial charge in [0.1, 0.15) is 7.14 Å². The Balaban J connectivity index is 1.05. The van der Waals surface area contributed by atoms with Crippen molar-refractivity contribution in [1.82, 2.24) is 15.0 Å². The summed E-state index contributed by atoms with van der Waals surface area (Å²) in [6, 6.07) is 60.3. The second-order valence-electron chi connectivity index (χ2n) is 16.4. The van der Waals surface area contributed by atoms with Crippen molar-refractivity contribution < 1.29 is 4.57 Å². The van der Waals surface area contributed by atoms with E-state index in [0.717, 1.165) is 60.9 Å². The zero-order chi connectivity index (χ0) is 38.6. The molecule has 2 fully saturated rings. The summed E-state index contributed by atoms with van der Waals surface area (Å²) >= 11 is 0. The van der Waals surface area contributed by atoms with E-state index < -0.39 is 7.14 Å². The molecule has 0 radical (unpaired) electrons. The van der Waals surface area contributed by atoms with Gasteiger partial charge in [-0.05, 0) is 101 Å². The van der Waals surface area contributed by atoms with Crippen LogP contribution in [0.4, 0.5) is 0 Å². The molecule has 278 valence electrons. The van der Waals surface area contributed by atoms with Crippen LogP contribution in [0.2, 0.25) is 0 Å². The summed E-state index contributed by atoms with van der Waals surface area (Å²) in [7, 11) is -2.35. The van der Waals surface area contributed by atoms with E-state index in [-0.39, 0.29) is 5.41 Å². The van der Waals surface area contributed by atoms with Crippen molar-refractivity contribution >= 4 is 23.2 Å². The first-order valence-electron chi connectivity index (χ1n) is 20.1. The second-order valence-corrected chi connectivity index (χ2v) is 19.6. The predicted molar refractivity (Wildman–Crippen MR) is 236 cm³/mol. The first kappa shape index (κ1) is 35.5. The van der Waals surface area contributed by atoms with Gasteiger partial charge in [-0.25, -0.2) is 15.0 Å². The molecule has 5 heteroatoms. The van der Waals surface area contributed by atoms with Crippen LogP contribution in [-0.4, -0.2) is 28.3 Å². The van der Waals surface area contributed by atoms with Crippen molar-refractivity contribution in [3.63, 3.8) is 0 Å². The van der Waals surface area contributed by atoms with Crippen LogP contribution in [0.5, 0.6) is 0 Å². The summed E-state index contributed by atoms with van der Waals surface area (Å²) in [4.78, 5) is 15.5. The van der Waals surface area contributed by atoms with Gasteiger partial charge in [-0.15, -0.1) is 0 Å². The van der Waals surface area contributed by atoms with Gasteiger partial charge >= 0.3 is 0 Å². The maximum absolute atomic E-state index is 12.9. The average molecular weight is 758 g/mol. The predicted octanol–water partition coefficient (Wildman–Crippen LogP) is 12.7. The van der Waals surface area contributed by atoms with Gasteiger partial charge in [0.05, 0.1) is 0 Å². The van der Waals surface area contributed by atoms with Crippen molar-refractivity contribution in [2.75, 3.05) is 13.3 Å². The van der Waals surface area contributed by atoms with Crippen LogP contribution in [0.25, 0.3) is 67.2 Å². The van der Waals surface area contributed by atoms with Crippen molar-refractivity contribution in [2.24, 2.45) is 11.8 Å². The molecule has 7 aromatic carbocycles. The van der Waals surface area contributed by atoms with E-state index >= 15 is 0 Å². The van der Waals surface area contributed by atoms with E-state index in [2.05, 4.69) is 152 Å². The Hall–Kier alpha value is -5.96. The number of hydrogen-bond acceptors (Lipinski definition) is 4. The molecule has 2 bridgehead atoms. The van der Waals surface area contributed by atoms with Crippen LogP contribution in [0.15, 0.2) is 170 Å². The molecule has 8 aromatic rings. The summed E-state index contributed by atoms with van der Waals surface area (Å²) in [5.41, 5.74) is 10.2. The lowest BCUT2D eigenvalue weighted by Crippen LogP contribution is -2.34. The fourth-order valence-electron chi connectivity index (χ4n) is 9.74. The Bertz CT molecular complexity index is 2800. The largest absolute Gasteiger partial charge is 0.319 e. The number of rotatable bonds is 8. The Kier molecular flexibility index (Phi) is 8.84.